The van der Waals surface area contributed by atoms with Crippen LogP contribution in [0.5, 0.6) is 0 Å². The lowest BCUT2D eigenvalue weighted by Crippen LogP contribution is -2.12. The molecule has 0 aromatic heterocycles. The van der Waals surface area contributed by atoms with Gasteiger partial charge in [0.2, 0.25) is 0 Å². The van der Waals surface area contributed by atoms with Gasteiger partial charge in [0.25, 0.3) is 0 Å². The second-order valence-corrected chi connectivity index (χ2v) is 1.87. The van der Waals surface area contributed by atoms with Crippen molar-refractivity contribution >= 4 is 5.91 Å². The van der Waals surface area contributed by atoms with E-state index in [0.717, 1.165) is 0 Å². The van der Waals surface area contributed by atoms with Gasteiger partial charge in [0.15, 0.2) is 0 Å². The number of hydrogen-bond acceptors (Lipinski definition) is 3. The first-order valence-electron chi connectivity index (χ1n) is 2.40. The van der Waals surface area contributed by atoms with Crippen LogP contribution >= 0.6 is 0 Å². The van der Waals surface area contributed by atoms with E-state index in [1.807, 2.05) is 0 Å². The molecule has 1 rings (SSSR count). The summed E-state index contributed by atoms with van der Waals surface area (Å²) in [6, 6.07) is 0. The minimum atomic E-state index is -0.836. The van der Waals surface area contributed by atoms with Crippen LogP contribution in [0.3, 0.4) is 0 Å². The van der Waals surface area contributed by atoms with E-state index in [1.54, 1.807) is 0 Å². The average molecular weight is 115 g/mol. The lowest BCUT2D eigenvalue weighted by Gasteiger charge is -1.80. The molecule has 0 aromatic carbocycles. The maximum atomic E-state index is 10.2. The van der Waals surface area contributed by atoms with Crippen LogP contribution in [0.1, 0.15) is 12.8 Å². The van der Waals surface area contributed by atoms with E-state index >= 15 is 0 Å². The second kappa shape index (κ2) is 1.54. The van der Waals surface area contributed by atoms with Gasteiger partial charge in [-0.1, -0.05) is 0 Å². The highest BCUT2D eigenvalue weighted by atomic mass is 16.6. The highest BCUT2D eigenvalue weighted by molar-refractivity contribution is 5.72. The lowest BCUT2D eigenvalue weighted by atomic mass is 10.4. The SMILES string of the molecule is O=C(C1CC1)[N+](=O)[O-]. The van der Waals surface area contributed by atoms with E-state index in [2.05, 4.69) is 0 Å². The molecular weight excluding hydrogens is 110 g/mol. The van der Waals surface area contributed by atoms with Crippen molar-refractivity contribution in [1.82, 2.24) is 0 Å². The quantitative estimate of drug-likeness (QED) is 0.362. The van der Waals surface area contributed by atoms with Crippen molar-refractivity contribution in [3.63, 3.8) is 0 Å². The van der Waals surface area contributed by atoms with Crippen molar-refractivity contribution in [3.05, 3.63) is 10.1 Å². The first-order valence-corrected chi connectivity index (χ1v) is 2.40. The number of nitrogens with zero attached hydrogens (tertiary/aromatic N) is 1. The lowest BCUT2D eigenvalue weighted by molar-refractivity contribution is -0.404. The third-order valence-corrected chi connectivity index (χ3v) is 1.11. The molecule has 1 aliphatic carbocycles. The Morgan fingerprint density at radius 3 is 2.25 bits per heavy atom. The van der Waals surface area contributed by atoms with E-state index in [-0.39, 0.29) is 5.92 Å². The van der Waals surface area contributed by atoms with Gasteiger partial charge in [-0.15, -0.1) is 0 Å². The Kier molecular flexibility index (Phi) is 1.00. The topological polar surface area (TPSA) is 60.2 Å². The zero-order chi connectivity index (χ0) is 6.15. The molecule has 0 saturated heterocycles. The van der Waals surface area contributed by atoms with Crippen LogP contribution in [0.15, 0.2) is 0 Å². The summed E-state index contributed by atoms with van der Waals surface area (Å²) < 4.78 is 0. The average Bonchev–Trinajstić information content (AvgIpc) is 2.43. The van der Waals surface area contributed by atoms with Crippen molar-refractivity contribution in [3.8, 4) is 0 Å². The molecule has 0 N–H and O–H groups in total. The molecule has 0 unspecified atom stereocenters. The molecule has 1 saturated carbocycles. The van der Waals surface area contributed by atoms with Gasteiger partial charge in [-0.3, -0.25) is 10.1 Å². The number of carbonyl (C=O) groups excluding carboxylic acids is 1. The third-order valence-electron chi connectivity index (χ3n) is 1.11. The number of carbonyl (C=O) groups is 1. The number of rotatable bonds is 1. The van der Waals surface area contributed by atoms with E-state index in [4.69, 9.17) is 0 Å². The molecule has 1 fully saturated rings. The summed E-state index contributed by atoms with van der Waals surface area (Å²) in [5, 5.41) is 9.64. The fourth-order valence-electron chi connectivity index (χ4n) is 0.479. The first-order chi connectivity index (χ1) is 3.72. The smallest absolute Gasteiger partial charge is 0.256 e. The Morgan fingerprint density at radius 1 is 1.62 bits per heavy atom. The predicted octanol–water partition coefficient (Wildman–Crippen LogP) is 0.200. The van der Waals surface area contributed by atoms with Gasteiger partial charge in [0.05, 0.1) is 5.92 Å². The van der Waals surface area contributed by atoms with Gasteiger partial charge in [-0.2, -0.15) is 0 Å². The van der Waals surface area contributed by atoms with Gasteiger partial charge in [-0.25, -0.2) is 4.79 Å². The normalized spacial score (nSPS) is 18.0. The molecular formula is C4H5NO3. The third kappa shape index (κ3) is 0.828. The van der Waals surface area contributed by atoms with Gasteiger partial charge in [0.1, 0.15) is 4.92 Å². The highest BCUT2D eigenvalue weighted by Crippen LogP contribution is 2.29. The zero-order valence-electron chi connectivity index (χ0n) is 4.16. The maximum absolute atomic E-state index is 10.2. The van der Waals surface area contributed by atoms with Gasteiger partial charge in [0, 0.05) is 0 Å². The van der Waals surface area contributed by atoms with Crippen LogP contribution in [-0.4, -0.2) is 10.8 Å². The molecule has 0 atom stereocenters. The fraction of sp³-hybridized carbons (Fsp3) is 0.750. The Balaban J connectivity index is 2.45. The summed E-state index contributed by atoms with van der Waals surface area (Å²) >= 11 is 0. The van der Waals surface area contributed by atoms with Gasteiger partial charge in [-0.05, 0) is 12.8 Å². The summed E-state index contributed by atoms with van der Waals surface area (Å²) in [4.78, 5) is 19.0. The van der Waals surface area contributed by atoms with Gasteiger partial charge >= 0.3 is 5.91 Å². The number of amides is 1. The monoisotopic (exact) mass is 115 g/mol. The summed E-state index contributed by atoms with van der Waals surface area (Å²) in [5.41, 5.74) is 0. The highest BCUT2D eigenvalue weighted by Gasteiger charge is 2.38. The summed E-state index contributed by atoms with van der Waals surface area (Å²) in [7, 11) is 0. The van der Waals surface area contributed by atoms with Crippen LogP contribution < -0.4 is 0 Å². The van der Waals surface area contributed by atoms with Crippen molar-refractivity contribution in [2.45, 2.75) is 12.8 Å². The van der Waals surface area contributed by atoms with Crippen LogP contribution in [-0.2, 0) is 4.79 Å². The zero-order valence-corrected chi connectivity index (χ0v) is 4.16. The van der Waals surface area contributed by atoms with Crippen LogP contribution in [0.25, 0.3) is 0 Å². The van der Waals surface area contributed by atoms with E-state index in [9.17, 15) is 14.9 Å². The van der Waals surface area contributed by atoms with Crippen molar-refractivity contribution < 1.29 is 9.72 Å². The molecule has 0 spiro atoms. The summed E-state index contributed by atoms with van der Waals surface area (Å²) in [6.45, 7) is 0. The molecule has 44 valence electrons. The standard InChI is InChI=1S/C4H5NO3/c6-4(5(7)8)3-1-2-3/h3H,1-2H2. The first kappa shape index (κ1) is 5.21. The molecule has 0 radical (unpaired) electrons. The fourth-order valence-corrected chi connectivity index (χ4v) is 0.479. The predicted molar refractivity (Wildman–Crippen MR) is 24.7 cm³/mol. The Bertz CT molecular complexity index is 138. The maximum Gasteiger partial charge on any atom is 0.447 e. The molecule has 0 aliphatic heterocycles. The van der Waals surface area contributed by atoms with Crippen LogP contribution in [0.2, 0.25) is 0 Å². The van der Waals surface area contributed by atoms with E-state index in [1.165, 1.54) is 0 Å². The molecule has 8 heavy (non-hydrogen) atoms. The Hall–Kier alpha value is -0.930. The molecule has 4 heteroatoms. The summed E-state index contributed by atoms with van der Waals surface area (Å²) in [6.07, 6.45) is 1.42. The van der Waals surface area contributed by atoms with E-state index < -0.39 is 10.8 Å². The van der Waals surface area contributed by atoms with E-state index in [0.29, 0.717) is 12.8 Å². The second-order valence-electron chi connectivity index (χ2n) is 1.87. The number of hydrogen-bond donors (Lipinski definition) is 0. The Labute approximate surface area is 45.6 Å². The van der Waals surface area contributed by atoms with Crippen molar-refractivity contribution in [1.29, 1.82) is 0 Å². The van der Waals surface area contributed by atoms with Crippen LogP contribution in [0, 0.1) is 16.0 Å². The largest absolute Gasteiger partial charge is 0.447 e. The molecule has 1 amide bonds. The molecule has 0 aromatic rings. The number of nitro groups is 1. The minimum absolute atomic E-state index is 0.245. The molecule has 0 heterocycles. The molecule has 4 nitrogen and oxygen atoms in total. The minimum Gasteiger partial charge on any atom is -0.256 e. The van der Waals surface area contributed by atoms with Crippen LogP contribution in [0.4, 0.5) is 0 Å². The van der Waals surface area contributed by atoms with Crippen molar-refractivity contribution in [2.24, 2.45) is 5.92 Å². The molecule has 1 aliphatic rings. The molecule has 0 bridgehead atoms. The van der Waals surface area contributed by atoms with Crippen molar-refractivity contribution in [2.75, 3.05) is 0 Å². The Morgan fingerprint density at radius 2 is 2.12 bits per heavy atom. The summed E-state index contributed by atoms with van der Waals surface area (Å²) in [5.74, 6) is -1.06. The van der Waals surface area contributed by atoms with Gasteiger partial charge < -0.3 is 0 Å².